The topological polar surface area (TPSA) is 58.4 Å². The van der Waals surface area contributed by atoms with E-state index in [1.807, 2.05) is 17.6 Å². The maximum atomic E-state index is 11.5. The Morgan fingerprint density at radius 1 is 1.52 bits per heavy atom. The fourth-order valence-electron chi connectivity index (χ4n) is 2.93. The van der Waals surface area contributed by atoms with Crippen LogP contribution in [-0.4, -0.2) is 44.7 Å². The van der Waals surface area contributed by atoms with Crippen LogP contribution < -0.4 is 0 Å². The minimum atomic E-state index is -0.898. The number of carboxylic acids is 1. The lowest BCUT2D eigenvalue weighted by Crippen LogP contribution is -2.34. The molecule has 1 fully saturated rings. The van der Waals surface area contributed by atoms with Crippen LogP contribution >= 0.6 is 0 Å². The number of benzene rings is 1. The summed E-state index contributed by atoms with van der Waals surface area (Å²) in [5.41, 5.74) is 1.82. The Hall–Kier alpha value is -1.88. The molecular weight excluding hydrogens is 266 g/mol. The first kappa shape index (κ1) is 14.1. The summed E-state index contributed by atoms with van der Waals surface area (Å²) >= 11 is 0. The number of likely N-dealkylation sites (N-methyl/N-ethyl adjacent to an activating group) is 1. The van der Waals surface area contributed by atoms with Crippen molar-refractivity contribution in [3.05, 3.63) is 29.6 Å². The third-order valence-electron chi connectivity index (χ3n) is 4.45. The maximum Gasteiger partial charge on any atom is 0.337 e. The Morgan fingerprint density at radius 3 is 2.86 bits per heavy atom. The van der Waals surface area contributed by atoms with Gasteiger partial charge in [0.25, 0.3) is 0 Å². The minimum Gasteiger partial charge on any atom is -0.478 e. The van der Waals surface area contributed by atoms with Crippen LogP contribution in [0, 0.1) is 6.92 Å². The van der Waals surface area contributed by atoms with Gasteiger partial charge in [0.05, 0.1) is 16.6 Å². The molecule has 1 aliphatic rings. The summed E-state index contributed by atoms with van der Waals surface area (Å²) in [4.78, 5) is 18.4. The van der Waals surface area contributed by atoms with Gasteiger partial charge in [-0.25, -0.2) is 9.78 Å². The summed E-state index contributed by atoms with van der Waals surface area (Å²) in [5, 5.41) is 9.41. The van der Waals surface area contributed by atoms with Crippen molar-refractivity contribution in [1.82, 2.24) is 14.5 Å². The lowest BCUT2D eigenvalue weighted by Gasteiger charge is -2.25. The summed E-state index contributed by atoms with van der Waals surface area (Å²) < 4.78 is 2.04. The van der Waals surface area contributed by atoms with E-state index in [4.69, 9.17) is 0 Å². The van der Waals surface area contributed by atoms with Crippen LogP contribution in [0.15, 0.2) is 18.2 Å². The maximum absolute atomic E-state index is 11.5. The van der Waals surface area contributed by atoms with E-state index in [9.17, 15) is 9.90 Å². The van der Waals surface area contributed by atoms with Crippen molar-refractivity contribution in [2.45, 2.75) is 45.3 Å². The molecule has 5 nitrogen and oxygen atoms in total. The summed E-state index contributed by atoms with van der Waals surface area (Å²) in [7, 11) is 2.15. The number of aromatic carboxylic acids is 1. The molecule has 1 saturated carbocycles. The van der Waals surface area contributed by atoms with Gasteiger partial charge in [-0.1, -0.05) is 6.07 Å². The molecular formula is C16H21N3O2. The van der Waals surface area contributed by atoms with Gasteiger partial charge < -0.3 is 9.67 Å². The van der Waals surface area contributed by atoms with Gasteiger partial charge in [0, 0.05) is 18.6 Å². The highest BCUT2D eigenvalue weighted by Crippen LogP contribution is 2.28. The highest BCUT2D eigenvalue weighted by atomic mass is 16.4. The average Bonchev–Trinajstić information content (AvgIpc) is 3.23. The van der Waals surface area contributed by atoms with Gasteiger partial charge >= 0.3 is 5.97 Å². The monoisotopic (exact) mass is 287 g/mol. The molecule has 2 aromatic rings. The normalized spacial score (nSPS) is 16.6. The Balaban J connectivity index is 2.00. The number of fused-ring (bicyclic) bond motifs is 1. The molecule has 0 bridgehead atoms. The molecule has 112 valence electrons. The van der Waals surface area contributed by atoms with E-state index in [0.29, 0.717) is 17.6 Å². The fourth-order valence-corrected chi connectivity index (χ4v) is 2.93. The highest BCUT2D eigenvalue weighted by molar-refractivity contribution is 6.01. The van der Waals surface area contributed by atoms with Gasteiger partial charge in [-0.2, -0.15) is 0 Å². The predicted molar refractivity (Wildman–Crippen MR) is 81.7 cm³/mol. The molecule has 1 atom stereocenters. The van der Waals surface area contributed by atoms with E-state index in [1.165, 1.54) is 12.8 Å². The second kappa shape index (κ2) is 5.15. The molecule has 0 spiro atoms. The quantitative estimate of drug-likeness (QED) is 0.918. The second-order valence-corrected chi connectivity index (χ2v) is 5.99. The lowest BCUT2D eigenvalue weighted by molar-refractivity contribution is 0.0698. The van der Waals surface area contributed by atoms with Gasteiger partial charge in [-0.05, 0) is 45.9 Å². The summed E-state index contributed by atoms with van der Waals surface area (Å²) in [6, 6.07) is 6.32. The van der Waals surface area contributed by atoms with Crippen molar-refractivity contribution in [2.75, 3.05) is 7.05 Å². The van der Waals surface area contributed by atoms with Crippen LogP contribution in [0.25, 0.3) is 11.0 Å². The molecule has 1 aliphatic carbocycles. The molecule has 0 radical (unpaired) electrons. The summed E-state index contributed by atoms with van der Waals surface area (Å²) in [6.45, 7) is 4.89. The molecule has 1 heterocycles. The molecule has 3 rings (SSSR count). The molecule has 1 N–H and O–H groups in total. The Morgan fingerprint density at radius 2 is 2.24 bits per heavy atom. The largest absolute Gasteiger partial charge is 0.478 e. The van der Waals surface area contributed by atoms with Crippen LogP contribution in [0.5, 0.6) is 0 Å². The molecule has 1 aromatic carbocycles. The SMILES string of the molecule is Cc1nc2cccc(C(=O)O)c2n1CC(C)N(C)C1CC1. The Labute approximate surface area is 124 Å². The molecule has 1 unspecified atom stereocenters. The number of aryl methyl sites for hydroxylation is 1. The Bertz CT molecular complexity index is 688. The van der Waals surface area contributed by atoms with Crippen molar-refractivity contribution >= 4 is 17.0 Å². The fraction of sp³-hybridized carbons (Fsp3) is 0.500. The van der Waals surface area contributed by atoms with Crippen molar-refractivity contribution in [1.29, 1.82) is 0 Å². The van der Waals surface area contributed by atoms with E-state index >= 15 is 0 Å². The molecule has 21 heavy (non-hydrogen) atoms. The molecule has 0 saturated heterocycles. The van der Waals surface area contributed by atoms with Crippen LogP contribution in [0.1, 0.15) is 35.9 Å². The number of rotatable bonds is 5. The smallest absolute Gasteiger partial charge is 0.337 e. The third-order valence-corrected chi connectivity index (χ3v) is 4.45. The number of imidazole rings is 1. The van der Waals surface area contributed by atoms with Crippen molar-refractivity contribution < 1.29 is 9.90 Å². The lowest BCUT2D eigenvalue weighted by atomic mass is 10.1. The predicted octanol–water partition coefficient (Wildman–Crippen LogP) is 2.53. The van der Waals surface area contributed by atoms with Crippen LogP contribution in [-0.2, 0) is 6.54 Å². The van der Waals surface area contributed by atoms with Crippen molar-refractivity contribution in [3.63, 3.8) is 0 Å². The standard InChI is InChI=1S/C16H21N3O2/c1-10(18(3)12-7-8-12)9-19-11(2)17-14-6-4-5-13(15(14)19)16(20)21/h4-6,10,12H,7-9H2,1-3H3,(H,20,21). The number of aromatic nitrogens is 2. The first-order valence-corrected chi connectivity index (χ1v) is 7.40. The van der Waals surface area contributed by atoms with Gasteiger partial charge in [0.2, 0.25) is 0 Å². The van der Waals surface area contributed by atoms with E-state index in [-0.39, 0.29) is 0 Å². The molecule has 0 amide bonds. The number of nitrogens with zero attached hydrogens (tertiary/aromatic N) is 3. The zero-order valence-electron chi connectivity index (χ0n) is 12.7. The highest BCUT2D eigenvalue weighted by Gasteiger charge is 2.29. The number of para-hydroxylation sites is 1. The van der Waals surface area contributed by atoms with E-state index in [1.54, 1.807) is 12.1 Å². The van der Waals surface area contributed by atoms with E-state index in [0.717, 1.165) is 23.4 Å². The summed E-state index contributed by atoms with van der Waals surface area (Å²) in [6.07, 6.45) is 2.54. The van der Waals surface area contributed by atoms with Crippen molar-refractivity contribution in [3.8, 4) is 0 Å². The van der Waals surface area contributed by atoms with E-state index < -0.39 is 5.97 Å². The minimum absolute atomic E-state index is 0.328. The van der Waals surface area contributed by atoms with Gasteiger partial charge in [-0.15, -0.1) is 0 Å². The first-order valence-electron chi connectivity index (χ1n) is 7.40. The number of hydrogen-bond donors (Lipinski definition) is 1. The zero-order valence-corrected chi connectivity index (χ0v) is 12.7. The number of carboxylic acid groups (broad SMARTS) is 1. The molecule has 0 aliphatic heterocycles. The summed E-state index contributed by atoms with van der Waals surface area (Å²) in [5.74, 6) is -0.0281. The average molecular weight is 287 g/mol. The zero-order chi connectivity index (χ0) is 15.1. The van der Waals surface area contributed by atoms with Gasteiger partial charge in [0.15, 0.2) is 0 Å². The van der Waals surface area contributed by atoms with Gasteiger partial charge in [0.1, 0.15) is 5.82 Å². The molecule has 5 heteroatoms. The van der Waals surface area contributed by atoms with Gasteiger partial charge in [-0.3, -0.25) is 4.90 Å². The first-order chi connectivity index (χ1) is 9.99. The second-order valence-electron chi connectivity index (χ2n) is 5.99. The van der Waals surface area contributed by atoms with E-state index in [2.05, 4.69) is 23.9 Å². The van der Waals surface area contributed by atoms with Crippen LogP contribution in [0.2, 0.25) is 0 Å². The molecule has 1 aromatic heterocycles. The van der Waals surface area contributed by atoms with Crippen LogP contribution in [0.3, 0.4) is 0 Å². The van der Waals surface area contributed by atoms with Crippen LogP contribution in [0.4, 0.5) is 0 Å². The third kappa shape index (κ3) is 2.53. The van der Waals surface area contributed by atoms with Crippen molar-refractivity contribution in [2.24, 2.45) is 0 Å². The number of carbonyl (C=O) groups is 1. The Kier molecular flexibility index (Phi) is 3.45. The number of hydrogen-bond acceptors (Lipinski definition) is 3.